The lowest BCUT2D eigenvalue weighted by Crippen LogP contribution is -2.35. The summed E-state index contributed by atoms with van der Waals surface area (Å²) in [6, 6.07) is 2.76. The van der Waals surface area contributed by atoms with Crippen molar-refractivity contribution in [2.75, 3.05) is 33.9 Å². The van der Waals surface area contributed by atoms with E-state index in [-0.39, 0.29) is 36.2 Å². The lowest BCUT2D eigenvalue weighted by Gasteiger charge is -2.21. The van der Waals surface area contributed by atoms with Crippen molar-refractivity contribution < 1.29 is 22.7 Å². The van der Waals surface area contributed by atoms with E-state index in [1.54, 1.807) is 0 Å². The number of halogens is 1. The van der Waals surface area contributed by atoms with Crippen LogP contribution in [0.1, 0.15) is 6.42 Å². The molecule has 1 rings (SSSR count). The molecular weight excluding hydrogens is 320 g/mol. The smallest absolute Gasteiger partial charge is 0.306 e. The van der Waals surface area contributed by atoms with Crippen LogP contribution in [0, 0.1) is 0 Å². The molecule has 21 heavy (non-hydrogen) atoms. The standard InChI is InChI=1S/C12H17ClN2O5S/c1-19-8-7-15(6-5-12(16)20-2)21(17,18)10-3-4-11(13)14-9-10/h3-4,9H,5-8H2,1-2H3. The molecule has 0 fully saturated rings. The Balaban J connectivity index is 2.93. The molecule has 0 unspecified atom stereocenters. The summed E-state index contributed by atoms with van der Waals surface area (Å²) in [6.07, 6.45) is 1.13. The minimum Gasteiger partial charge on any atom is -0.469 e. The number of hydrogen-bond donors (Lipinski definition) is 0. The second-order valence-electron chi connectivity index (χ2n) is 4.04. The Kier molecular flexibility index (Phi) is 7.03. The Morgan fingerprint density at radius 3 is 2.57 bits per heavy atom. The zero-order valence-corrected chi connectivity index (χ0v) is 13.4. The fourth-order valence-electron chi connectivity index (χ4n) is 1.53. The maximum absolute atomic E-state index is 12.5. The van der Waals surface area contributed by atoms with Gasteiger partial charge in [-0.2, -0.15) is 4.31 Å². The first-order valence-electron chi connectivity index (χ1n) is 6.09. The number of rotatable bonds is 8. The van der Waals surface area contributed by atoms with Gasteiger partial charge in [-0.05, 0) is 12.1 Å². The van der Waals surface area contributed by atoms with Gasteiger partial charge >= 0.3 is 5.97 Å². The van der Waals surface area contributed by atoms with Crippen molar-refractivity contribution in [3.05, 3.63) is 23.5 Å². The van der Waals surface area contributed by atoms with Crippen molar-refractivity contribution in [1.29, 1.82) is 0 Å². The Morgan fingerprint density at radius 1 is 1.33 bits per heavy atom. The summed E-state index contributed by atoms with van der Waals surface area (Å²) in [5.41, 5.74) is 0. The van der Waals surface area contributed by atoms with Crippen LogP contribution < -0.4 is 0 Å². The molecule has 1 heterocycles. The van der Waals surface area contributed by atoms with Gasteiger partial charge in [-0.1, -0.05) is 11.6 Å². The fraction of sp³-hybridized carbons (Fsp3) is 0.500. The summed E-state index contributed by atoms with van der Waals surface area (Å²) in [5.74, 6) is -0.484. The van der Waals surface area contributed by atoms with E-state index >= 15 is 0 Å². The third kappa shape index (κ3) is 5.24. The normalized spacial score (nSPS) is 11.6. The van der Waals surface area contributed by atoms with E-state index in [0.29, 0.717) is 0 Å². The van der Waals surface area contributed by atoms with Crippen LogP contribution >= 0.6 is 11.6 Å². The number of methoxy groups -OCH3 is 2. The Bertz CT molecular complexity index is 562. The molecule has 118 valence electrons. The maximum Gasteiger partial charge on any atom is 0.306 e. The summed E-state index contributed by atoms with van der Waals surface area (Å²) in [4.78, 5) is 15.0. The molecule has 0 aromatic carbocycles. The molecule has 0 amide bonds. The van der Waals surface area contributed by atoms with Crippen LogP contribution in [0.2, 0.25) is 5.15 Å². The SMILES string of the molecule is COCCN(CCC(=O)OC)S(=O)(=O)c1ccc(Cl)nc1. The predicted octanol–water partition coefficient (Wildman–Crippen LogP) is 0.935. The number of hydrogen-bond acceptors (Lipinski definition) is 6. The molecule has 1 aromatic rings. The van der Waals surface area contributed by atoms with Gasteiger partial charge in [-0.3, -0.25) is 4.79 Å². The highest BCUT2D eigenvalue weighted by Gasteiger charge is 2.25. The van der Waals surface area contributed by atoms with Crippen molar-refractivity contribution in [1.82, 2.24) is 9.29 Å². The number of sulfonamides is 1. The molecule has 7 nitrogen and oxygen atoms in total. The van der Waals surface area contributed by atoms with Gasteiger partial charge in [0.2, 0.25) is 10.0 Å². The summed E-state index contributed by atoms with van der Waals surface area (Å²) in [6.45, 7) is 0.334. The number of ether oxygens (including phenoxy) is 2. The molecule has 0 atom stereocenters. The predicted molar refractivity (Wildman–Crippen MR) is 76.5 cm³/mol. The molecule has 9 heteroatoms. The average molecular weight is 337 g/mol. The average Bonchev–Trinajstić information content (AvgIpc) is 2.47. The fourth-order valence-corrected chi connectivity index (χ4v) is 3.01. The molecule has 0 radical (unpaired) electrons. The molecule has 0 aliphatic rings. The first-order chi connectivity index (χ1) is 9.91. The zero-order chi connectivity index (χ0) is 15.9. The second-order valence-corrected chi connectivity index (χ2v) is 6.36. The maximum atomic E-state index is 12.5. The minimum atomic E-state index is -3.77. The van der Waals surface area contributed by atoms with Crippen LogP contribution in [0.5, 0.6) is 0 Å². The van der Waals surface area contributed by atoms with E-state index in [0.717, 1.165) is 4.31 Å². The van der Waals surface area contributed by atoms with Crippen molar-refractivity contribution >= 4 is 27.6 Å². The molecule has 1 aromatic heterocycles. The third-order valence-electron chi connectivity index (χ3n) is 2.68. The van der Waals surface area contributed by atoms with E-state index in [2.05, 4.69) is 9.72 Å². The lowest BCUT2D eigenvalue weighted by atomic mass is 10.4. The summed E-state index contributed by atoms with van der Waals surface area (Å²) in [5, 5.41) is 0.201. The molecule has 0 N–H and O–H groups in total. The number of nitrogens with zero attached hydrogens (tertiary/aromatic N) is 2. The van der Waals surface area contributed by atoms with E-state index < -0.39 is 16.0 Å². The van der Waals surface area contributed by atoms with Crippen molar-refractivity contribution in [3.8, 4) is 0 Å². The van der Waals surface area contributed by atoms with Crippen molar-refractivity contribution in [3.63, 3.8) is 0 Å². The van der Waals surface area contributed by atoms with E-state index in [1.165, 1.54) is 32.5 Å². The highest BCUT2D eigenvalue weighted by atomic mass is 35.5. The van der Waals surface area contributed by atoms with Gasteiger partial charge in [0.1, 0.15) is 10.0 Å². The van der Waals surface area contributed by atoms with Crippen LogP contribution in [0.4, 0.5) is 0 Å². The van der Waals surface area contributed by atoms with Crippen molar-refractivity contribution in [2.45, 2.75) is 11.3 Å². The van der Waals surface area contributed by atoms with Gasteiger partial charge in [0.15, 0.2) is 0 Å². The Morgan fingerprint density at radius 2 is 2.05 bits per heavy atom. The largest absolute Gasteiger partial charge is 0.469 e. The van der Waals surface area contributed by atoms with Crippen LogP contribution in [-0.2, 0) is 24.3 Å². The summed E-state index contributed by atoms with van der Waals surface area (Å²) < 4.78 is 35.5. The Labute approximate surface area is 128 Å². The number of carbonyl (C=O) groups is 1. The first-order valence-corrected chi connectivity index (χ1v) is 7.91. The minimum absolute atomic E-state index is 0.000985. The van der Waals surface area contributed by atoms with Gasteiger partial charge in [0.05, 0.1) is 20.1 Å². The number of pyridine rings is 1. The molecule has 0 saturated carbocycles. The van der Waals surface area contributed by atoms with Crippen LogP contribution in [0.3, 0.4) is 0 Å². The molecular formula is C12H17ClN2O5S. The topological polar surface area (TPSA) is 85.8 Å². The zero-order valence-electron chi connectivity index (χ0n) is 11.8. The first kappa shape index (κ1) is 17.8. The van der Waals surface area contributed by atoms with E-state index in [9.17, 15) is 13.2 Å². The summed E-state index contributed by atoms with van der Waals surface area (Å²) >= 11 is 5.65. The van der Waals surface area contributed by atoms with Gasteiger partial charge in [-0.15, -0.1) is 0 Å². The van der Waals surface area contributed by atoms with E-state index in [4.69, 9.17) is 16.3 Å². The number of carbonyl (C=O) groups excluding carboxylic acids is 1. The highest BCUT2D eigenvalue weighted by Crippen LogP contribution is 2.16. The quantitative estimate of drug-likeness (QED) is 0.518. The molecule has 0 aliphatic heterocycles. The van der Waals surface area contributed by atoms with Gasteiger partial charge in [0.25, 0.3) is 0 Å². The number of esters is 1. The lowest BCUT2D eigenvalue weighted by molar-refractivity contribution is -0.140. The monoisotopic (exact) mass is 336 g/mol. The second kappa shape index (κ2) is 8.28. The van der Waals surface area contributed by atoms with Gasteiger partial charge < -0.3 is 9.47 Å². The molecule has 0 spiro atoms. The third-order valence-corrected chi connectivity index (χ3v) is 4.78. The highest BCUT2D eigenvalue weighted by molar-refractivity contribution is 7.89. The van der Waals surface area contributed by atoms with E-state index in [1.807, 2.05) is 0 Å². The molecule has 0 saturated heterocycles. The molecule has 0 bridgehead atoms. The number of aromatic nitrogens is 1. The van der Waals surface area contributed by atoms with Crippen LogP contribution in [0.15, 0.2) is 23.2 Å². The summed E-state index contributed by atoms with van der Waals surface area (Å²) in [7, 11) is -1.05. The molecule has 0 aliphatic carbocycles. The van der Waals surface area contributed by atoms with Gasteiger partial charge in [0, 0.05) is 26.4 Å². The van der Waals surface area contributed by atoms with Gasteiger partial charge in [-0.25, -0.2) is 13.4 Å². The van der Waals surface area contributed by atoms with Crippen LogP contribution in [0.25, 0.3) is 0 Å². The van der Waals surface area contributed by atoms with Crippen molar-refractivity contribution in [2.24, 2.45) is 0 Å². The van der Waals surface area contributed by atoms with Crippen LogP contribution in [-0.4, -0.2) is 57.6 Å². The Hall–Kier alpha value is -1.22.